The lowest BCUT2D eigenvalue weighted by Crippen LogP contribution is -2.16. The van der Waals surface area contributed by atoms with E-state index in [1.165, 1.54) is 0 Å². The molecule has 54 valence electrons. The van der Waals surface area contributed by atoms with Crippen LogP contribution in [0.15, 0.2) is 0 Å². The molecule has 0 spiro atoms. The molecule has 0 saturated carbocycles. The summed E-state index contributed by atoms with van der Waals surface area (Å²) in [7, 11) is 0. The molecule has 0 aliphatic heterocycles. The van der Waals surface area contributed by atoms with Crippen molar-refractivity contribution in [1.82, 2.24) is 0 Å². The van der Waals surface area contributed by atoms with Crippen molar-refractivity contribution in [1.29, 1.82) is 0 Å². The molecule has 0 atom stereocenters. The molecule has 0 aliphatic carbocycles. The first-order valence-electron chi connectivity index (χ1n) is 2.10. The summed E-state index contributed by atoms with van der Waals surface area (Å²) in [4.78, 5) is 19.8. The molecule has 0 heterocycles. The molecule has 0 aromatic carbocycles. The van der Waals surface area contributed by atoms with E-state index in [9.17, 15) is 9.59 Å². The Bertz CT molecular complexity index is 114. The summed E-state index contributed by atoms with van der Waals surface area (Å²) in [5.41, 5.74) is 4.81. The van der Waals surface area contributed by atoms with Crippen molar-refractivity contribution in [2.75, 3.05) is 6.54 Å². The number of hydrogen-bond acceptors (Lipinski definition) is 3. The van der Waals surface area contributed by atoms with Crippen LogP contribution in [0.2, 0.25) is 0 Å². The number of halogens is 1. The fraction of sp³-hybridized carbons (Fsp3) is 0.500. The van der Waals surface area contributed by atoms with Gasteiger partial charge in [-0.2, -0.15) is 0 Å². The summed E-state index contributed by atoms with van der Waals surface area (Å²) in [5.74, 6) is -1.57. The highest BCUT2D eigenvalue weighted by Gasteiger charge is 2.02. The van der Waals surface area contributed by atoms with Crippen LogP contribution in [0.25, 0.3) is 0 Å². The Morgan fingerprint density at radius 3 is 2.00 bits per heavy atom. The fourth-order valence-electron chi connectivity index (χ4n) is 0.241. The Kier molecular flexibility index (Phi) is 6.89. The van der Waals surface area contributed by atoms with Gasteiger partial charge < -0.3 is 10.8 Å². The van der Waals surface area contributed by atoms with Gasteiger partial charge in [0.05, 0.1) is 6.54 Å². The highest BCUT2D eigenvalue weighted by Crippen LogP contribution is 1.77. The average Bonchev–Trinajstić information content (AvgIpc) is 1.65. The van der Waals surface area contributed by atoms with E-state index in [4.69, 9.17) is 10.8 Å². The maximum absolute atomic E-state index is 10.1. The standard InChI is InChI=1S/C4H7NO3.ClH/c5-2-3(6)1-4(7)8;/h1-2,5H2,(H,7,8);1H. The van der Waals surface area contributed by atoms with Crippen molar-refractivity contribution in [3.8, 4) is 0 Å². The molecule has 0 fully saturated rings. The Balaban J connectivity index is 0. The van der Waals surface area contributed by atoms with Crippen LogP contribution in [0.4, 0.5) is 0 Å². The van der Waals surface area contributed by atoms with Crippen molar-refractivity contribution >= 4 is 24.2 Å². The molecule has 0 rings (SSSR count). The lowest BCUT2D eigenvalue weighted by Gasteiger charge is -1.86. The van der Waals surface area contributed by atoms with Crippen molar-refractivity contribution in [3.63, 3.8) is 0 Å². The summed E-state index contributed by atoms with van der Waals surface area (Å²) < 4.78 is 0. The van der Waals surface area contributed by atoms with Gasteiger partial charge in [0.2, 0.25) is 0 Å². The zero-order valence-electron chi connectivity index (χ0n) is 4.66. The molecular weight excluding hydrogens is 146 g/mol. The predicted octanol–water partition coefficient (Wildman–Crippen LogP) is -0.589. The number of aliphatic carboxylic acids is 1. The lowest BCUT2D eigenvalue weighted by atomic mass is 10.3. The van der Waals surface area contributed by atoms with Crippen LogP contribution in [0.5, 0.6) is 0 Å². The number of carboxylic acids is 1. The third-order valence-electron chi connectivity index (χ3n) is 0.576. The molecule has 0 amide bonds. The van der Waals surface area contributed by atoms with Crippen LogP contribution < -0.4 is 5.73 Å². The molecule has 0 bridgehead atoms. The molecular formula is C4H8ClNO3. The smallest absolute Gasteiger partial charge is 0.310 e. The second-order valence-electron chi connectivity index (χ2n) is 1.31. The topological polar surface area (TPSA) is 80.4 Å². The maximum atomic E-state index is 10.1. The zero-order valence-corrected chi connectivity index (χ0v) is 5.48. The number of ketones is 1. The van der Waals surface area contributed by atoms with Crippen molar-refractivity contribution in [2.24, 2.45) is 5.73 Å². The van der Waals surface area contributed by atoms with Gasteiger partial charge in [0.25, 0.3) is 0 Å². The van der Waals surface area contributed by atoms with Crippen LogP contribution in [0.3, 0.4) is 0 Å². The quantitative estimate of drug-likeness (QED) is 0.531. The molecule has 0 aliphatic rings. The van der Waals surface area contributed by atoms with Gasteiger partial charge in [-0.15, -0.1) is 12.4 Å². The molecule has 0 aromatic rings. The zero-order chi connectivity index (χ0) is 6.57. The first kappa shape index (κ1) is 11.2. The fourth-order valence-corrected chi connectivity index (χ4v) is 0.241. The molecule has 0 unspecified atom stereocenters. The maximum Gasteiger partial charge on any atom is 0.310 e. The van der Waals surface area contributed by atoms with Gasteiger partial charge in [-0.05, 0) is 0 Å². The van der Waals surface area contributed by atoms with Crippen LogP contribution in [-0.2, 0) is 9.59 Å². The van der Waals surface area contributed by atoms with Crippen LogP contribution in [-0.4, -0.2) is 23.4 Å². The Morgan fingerprint density at radius 1 is 1.44 bits per heavy atom. The normalized spacial score (nSPS) is 7.67. The predicted molar refractivity (Wildman–Crippen MR) is 33.6 cm³/mol. The van der Waals surface area contributed by atoms with E-state index >= 15 is 0 Å². The van der Waals surface area contributed by atoms with E-state index in [1.807, 2.05) is 0 Å². The first-order valence-corrected chi connectivity index (χ1v) is 2.10. The summed E-state index contributed by atoms with van der Waals surface area (Å²) in [5, 5.41) is 7.94. The number of rotatable bonds is 3. The van der Waals surface area contributed by atoms with E-state index in [-0.39, 0.29) is 19.0 Å². The van der Waals surface area contributed by atoms with Crippen molar-refractivity contribution in [3.05, 3.63) is 0 Å². The van der Waals surface area contributed by atoms with Crippen LogP contribution in [0.1, 0.15) is 6.42 Å². The first-order chi connectivity index (χ1) is 3.66. The van der Waals surface area contributed by atoms with Crippen LogP contribution in [0, 0.1) is 0 Å². The number of carboxylic acid groups (broad SMARTS) is 1. The molecule has 0 radical (unpaired) electrons. The summed E-state index contributed by atoms with van der Waals surface area (Å²) in [6.07, 6.45) is -0.462. The number of Topliss-reactive ketones (excluding diaryl/α,β-unsaturated/α-hetero) is 1. The highest BCUT2D eigenvalue weighted by molar-refractivity contribution is 5.95. The number of hydrogen-bond donors (Lipinski definition) is 2. The van der Waals surface area contributed by atoms with Gasteiger partial charge in [-0.1, -0.05) is 0 Å². The van der Waals surface area contributed by atoms with Gasteiger partial charge in [-0.25, -0.2) is 0 Å². The Morgan fingerprint density at radius 2 is 1.89 bits per heavy atom. The van der Waals surface area contributed by atoms with Gasteiger partial charge in [-0.3, -0.25) is 9.59 Å². The molecule has 3 N–H and O–H groups in total. The molecule has 0 saturated heterocycles. The monoisotopic (exact) mass is 153 g/mol. The minimum Gasteiger partial charge on any atom is -0.481 e. The third-order valence-corrected chi connectivity index (χ3v) is 0.576. The molecule has 4 nitrogen and oxygen atoms in total. The Hall–Kier alpha value is -0.610. The Labute approximate surface area is 58.4 Å². The number of carbonyl (C=O) groups is 2. The SMILES string of the molecule is Cl.NCC(=O)CC(=O)O. The van der Waals surface area contributed by atoms with E-state index in [2.05, 4.69) is 0 Å². The van der Waals surface area contributed by atoms with Gasteiger partial charge in [0.1, 0.15) is 6.42 Å². The minimum atomic E-state index is -1.12. The number of nitrogens with two attached hydrogens (primary N) is 1. The summed E-state index contributed by atoms with van der Waals surface area (Å²) >= 11 is 0. The second-order valence-corrected chi connectivity index (χ2v) is 1.31. The largest absolute Gasteiger partial charge is 0.481 e. The second kappa shape index (κ2) is 5.53. The molecule has 9 heavy (non-hydrogen) atoms. The van der Waals surface area contributed by atoms with E-state index in [0.717, 1.165) is 0 Å². The van der Waals surface area contributed by atoms with E-state index < -0.39 is 18.2 Å². The van der Waals surface area contributed by atoms with Gasteiger partial charge in [0, 0.05) is 0 Å². The van der Waals surface area contributed by atoms with Gasteiger partial charge in [0.15, 0.2) is 5.78 Å². The van der Waals surface area contributed by atoms with E-state index in [0.29, 0.717) is 0 Å². The summed E-state index contributed by atoms with van der Waals surface area (Å²) in [6.45, 7) is -0.188. The minimum absolute atomic E-state index is 0. The highest BCUT2D eigenvalue weighted by atomic mass is 35.5. The van der Waals surface area contributed by atoms with Crippen molar-refractivity contribution in [2.45, 2.75) is 6.42 Å². The average molecular weight is 154 g/mol. The van der Waals surface area contributed by atoms with E-state index in [1.54, 1.807) is 0 Å². The molecule has 5 heteroatoms. The lowest BCUT2D eigenvalue weighted by molar-refractivity contribution is -0.139. The van der Waals surface area contributed by atoms with Gasteiger partial charge >= 0.3 is 5.97 Å². The summed E-state index contributed by atoms with van der Waals surface area (Å²) in [6, 6.07) is 0. The number of carbonyl (C=O) groups excluding carboxylic acids is 1. The molecule has 0 aromatic heterocycles. The van der Waals surface area contributed by atoms with Crippen LogP contribution >= 0.6 is 12.4 Å². The van der Waals surface area contributed by atoms with Crippen molar-refractivity contribution < 1.29 is 14.7 Å². The third kappa shape index (κ3) is 7.39.